The number of methoxy groups -OCH3 is 1. The number of rotatable bonds is 5. The maximum atomic E-state index is 6.26. The molecule has 5 heteroatoms. The fraction of sp³-hybridized carbons (Fsp3) is 0.462. The third-order valence-corrected chi connectivity index (χ3v) is 3.41. The van der Waals surface area contributed by atoms with E-state index in [1.54, 1.807) is 7.11 Å². The van der Waals surface area contributed by atoms with Crippen LogP contribution in [0, 0.1) is 5.92 Å². The summed E-state index contributed by atoms with van der Waals surface area (Å²) in [5, 5.41) is 0.709. The van der Waals surface area contributed by atoms with Crippen LogP contribution in [-0.4, -0.2) is 23.3 Å². The Balaban J connectivity index is 2.46. The first kappa shape index (κ1) is 13.7. The van der Waals surface area contributed by atoms with Crippen LogP contribution in [0.1, 0.15) is 12.7 Å². The second kappa shape index (κ2) is 5.91. The number of imidazole rings is 1. The summed E-state index contributed by atoms with van der Waals surface area (Å²) >= 11 is 12.2. The molecule has 0 aliphatic carbocycles. The predicted octanol–water partition coefficient (Wildman–Crippen LogP) is 3.71. The Morgan fingerprint density at radius 1 is 1.44 bits per heavy atom. The lowest BCUT2D eigenvalue weighted by Gasteiger charge is -2.14. The van der Waals surface area contributed by atoms with Gasteiger partial charge in [0.25, 0.3) is 0 Å². The number of halogens is 2. The Morgan fingerprint density at radius 2 is 2.22 bits per heavy atom. The Hall–Kier alpha value is -0.770. The van der Waals surface area contributed by atoms with Crippen LogP contribution in [0.25, 0.3) is 11.0 Å². The van der Waals surface area contributed by atoms with Crippen molar-refractivity contribution in [1.82, 2.24) is 9.55 Å². The molecular weight excluding hydrogens is 271 g/mol. The second-order valence-corrected chi connectivity index (χ2v) is 5.11. The number of nitrogens with zero attached hydrogens (tertiary/aromatic N) is 2. The van der Waals surface area contributed by atoms with E-state index in [2.05, 4.69) is 16.5 Å². The minimum Gasteiger partial charge on any atom is -0.384 e. The molecule has 0 radical (unpaired) electrons. The molecule has 0 fully saturated rings. The van der Waals surface area contributed by atoms with Gasteiger partial charge in [-0.2, -0.15) is 0 Å². The van der Waals surface area contributed by atoms with Crippen LogP contribution >= 0.6 is 23.2 Å². The number of hydrogen-bond acceptors (Lipinski definition) is 2. The lowest BCUT2D eigenvalue weighted by Crippen LogP contribution is -2.14. The van der Waals surface area contributed by atoms with Crippen molar-refractivity contribution in [3.05, 3.63) is 29.0 Å². The zero-order valence-electron chi connectivity index (χ0n) is 10.5. The Kier molecular flexibility index (Phi) is 4.49. The molecule has 2 rings (SSSR count). The van der Waals surface area contributed by atoms with Crippen molar-refractivity contribution in [2.75, 3.05) is 13.7 Å². The van der Waals surface area contributed by atoms with Crippen molar-refractivity contribution in [3.8, 4) is 0 Å². The van der Waals surface area contributed by atoms with Gasteiger partial charge in [0.2, 0.25) is 0 Å². The van der Waals surface area contributed by atoms with Gasteiger partial charge in [0, 0.05) is 13.7 Å². The highest BCUT2D eigenvalue weighted by atomic mass is 35.5. The molecule has 0 spiro atoms. The van der Waals surface area contributed by atoms with E-state index in [-0.39, 0.29) is 0 Å². The molecule has 0 amide bonds. The predicted molar refractivity (Wildman–Crippen MR) is 75.3 cm³/mol. The van der Waals surface area contributed by atoms with Crippen molar-refractivity contribution in [3.63, 3.8) is 0 Å². The van der Waals surface area contributed by atoms with Crippen LogP contribution < -0.4 is 0 Å². The SMILES string of the molecule is COCC(C)Cn1c(CCl)nc2cccc(Cl)c21. The van der Waals surface area contributed by atoms with Crippen molar-refractivity contribution in [1.29, 1.82) is 0 Å². The number of benzene rings is 1. The van der Waals surface area contributed by atoms with E-state index in [0.717, 1.165) is 23.4 Å². The van der Waals surface area contributed by atoms with Gasteiger partial charge >= 0.3 is 0 Å². The zero-order chi connectivity index (χ0) is 13.1. The summed E-state index contributed by atoms with van der Waals surface area (Å²) in [7, 11) is 1.71. The van der Waals surface area contributed by atoms with Gasteiger partial charge in [-0.05, 0) is 18.1 Å². The Bertz CT molecular complexity index is 539. The molecule has 1 aromatic heterocycles. The second-order valence-electron chi connectivity index (χ2n) is 4.44. The Morgan fingerprint density at radius 3 is 2.89 bits per heavy atom. The van der Waals surface area contributed by atoms with E-state index < -0.39 is 0 Å². The maximum absolute atomic E-state index is 6.26. The van der Waals surface area contributed by atoms with Gasteiger partial charge in [-0.3, -0.25) is 0 Å². The summed E-state index contributed by atoms with van der Waals surface area (Å²) in [6.07, 6.45) is 0. The number of aromatic nitrogens is 2. The highest BCUT2D eigenvalue weighted by Crippen LogP contribution is 2.26. The lowest BCUT2D eigenvalue weighted by atomic mass is 10.2. The number of para-hydroxylation sites is 1. The first-order valence-corrected chi connectivity index (χ1v) is 6.77. The normalized spacial score (nSPS) is 13.1. The molecule has 98 valence electrons. The van der Waals surface area contributed by atoms with E-state index >= 15 is 0 Å². The molecule has 1 atom stereocenters. The largest absolute Gasteiger partial charge is 0.384 e. The van der Waals surface area contributed by atoms with Crippen molar-refractivity contribution in [2.45, 2.75) is 19.3 Å². The fourth-order valence-electron chi connectivity index (χ4n) is 2.14. The minimum atomic E-state index is 0.380. The summed E-state index contributed by atoms with van der Waals surface area (Å²) < 4.78 is 7.26. The lowest BCUT2D eigenvalue weighted by molar-refractivity contribution is 0.151. The van der Waals surface area contributed by atoms with Crippen LogP contribution in [0.4, 0.5) is 0 Å². The molecular formula is C13H16Cl2N2O. The maximum Gasteiger partial charge on any atom is 0.124 e. The summed E-state index contributed by atoms with van der Waals surface area (Å²) in [6, 6.07) is 5.73. The molecule has 0 saturated heterocycles. The third kappa shape index (κ3) is 2.63. The Labute approximate surface area is 117 Å². The van der Waals surface area contributed by atoms with Crippen LogP contribution in [-0.2, 0) is 17.2 Å². The summed E-state index contributed by atoms with van der Waals surface area (Å²) in [4.78, 5) is 4.51. The first-order valence-electron chi connectivity index (χ1n) is 5.86. The average Bonchev–Trinajstić information content (AvgIpc) is 2.69. The molecule has 0 saturated carbocycles. The van der Waals surface area contributed by atoms with E-state index in [4.69, 9.17) is 27.9 Å². The van der Waals surface area contributed by atoms with Gasteiger partial charge < -0.3 is 9.30 Å². The van der Waals surface area contributed by atoms with E-state index in [9.17, 15) is 0 Å². The van der Waals surface area contributed by atoms with Crippen molar-refractivity contribution in [2.24, 2.45) is 5.92 Å². The molecule has 1 unspecified atom stereocenters. The average molecular weight is 287 g/mol. The smallest absolute Gasteiger partial charge is 0.124 e. The van der Waals surface area contributed by atoms with Gasteiger partial charge in [-0.25, -0.2) is 4.98 Å². The van der Waals surface area contributed by atoms with Crippen LogP contribution in [0.2, 0.25) is 5.02 Å². The number of alkyl halides is 1. The molecule has 1 heterocycles. The molecule has 0 aliphatic rings. The van der Waals surface area contributed by atoms with Crippen molar-refractivity contribution >= 4 is 34.2 Å². The topological polar surface area (TPSA) is 27.1 Å². The summed E-state index contributed by atoms with van der Waals surface area (Å²) in [6.45, 7) is 3.63. The first-order chi connectivity index (χ1) is 8.67. The monoisotopic (exact) mass is 286 g/mol. The quantitative estimate of drug-likeness (QED) is 0.784. The van der Waals surface area contributed by atoms with Gasteiger partial charge in [0.15, 0.2) is 0 Å². The summed E-state index contributed by atoms with van der Waals surface area (Å²) in [5.41, 5.74) is 1.85. The molecule has 18 heavy (non-hydrogen) atoms. The molecule has 1 aromatic carbocycles. The highest BCUT2D eigenvalue weighted by molar-refractivity contribution is 6.35. The molecule has 2 aromatic rings. The van der Waals surface area contributed by atoms with Gasteiger partial charge in [-0.15, -0.1) is 11.6 Å². The molecule has 0 aliphatic heterocycles. The highest BCUT2D eigenvalue weighted by Gasteiger charge is 2.14. The van der Waals surface area contributed by atoms with Crippen molar-refractivity contribution < 1.29 is 4.74 Å². The number of hydrogen-bond donors (Lipinski definition) is 0. The fourth-order valence-corrected chi connectivity index (χ4v) is 2.61. The van der Waals surface area contributed by atoms with Crippen LogP contribution in [0.3, 0.4) is 0 Å². The van der Waals surface area contributed by atoms with Crippen LogP contribution in [0.15, 0.2) is 18.2 Å². The van der Waals surface area contributed by atoms with Gasteiger partial charge in [-0.1, -0.05) is 24.6 Å². The van der Waals surface area contributed by atoms with Crippen LogP contribution in [0.5, 0.6) is 0 Å². The summed E-state index contributed by atoms with van der Waals surface area (Å²) in [5.74, 6) is 1.61. The number of ether oxygens (including phenoxy) is 1. The van der Waals surface area contributed by atoms with E-state index in [1.165, 1.54) is 0 Å². The number of fused-ring (bicyclic) bond motifs is 1. The van der Waals surface area contributed by atoms with Gasteiger partial charge in [0.1, 0.15) is 5.82 Å². The van der Waals surface area contributed by atoms with E-state index in [1.807, 2.05) is 18.2 Å². The molecule has 0 N–H and O–H groups in total. The molecule has 3 nitrogen and oxygen atoms in total. The van der Waals surface area contributed by atoms with Gasteiger partial charge in [0.05, 0.1) is 28.5 Å². The molecule has 0 bridgehead atoms. The minimum absolute atomic E-state index is 0.380. The third-order valence-electron chi connectivity index (χ3n) is 2.86. The zero-order valence-corrected chi connectivity index (χ0v) is 12.0. The van der Waals surface area contributed by atoms with E-state index in [0.29, 0.717) is 23.4 Å². The standard InChI is InChI=1S/C13H16Cl2N2O/c1-9(8-18-2)7-17-12(6-14)16-11-5-3-4-10(15)13(11)17/h3-5,9H,6-8H2,1-2H3.